The van der Waals surface area contributed by atoms with Crippen LogP contribution in [0.4, 0.5) is 10.5 Å². The summed E-state index contributed by atoms with van der Waals surface area (Å²) in [6.07, 6.45) is 0. The molecule has 15 heavy (non-hydrogen) atoms. The maximum atomic E-state index is 11.1. The molecule has 0 saturated carbocycles. The number of halogens is 1. The van der Waals surface area contributed by atoms with Crippen molar-refractivity contribution in [3.8, 4) is 0 Å². The van der Waals surface area contributed by atoms with Gasteiger partial charge in [0.25, 0.3) is 0 Å². The molecule has 4 nitrogen and oxygen atoms in total. The number of ether oxygens (including phenoxy) is 1. The lowest BCUT2D eigenvalue weighted by Gasteiger charge is -2.13. The largest absolute Gasteiger partial charge is 0.465 e. The second kappa shape index (κ2) is 4.79. The highest BCUT2D eigenvalue weighted by Crippen LogP contribution is 2.15. The van der Waals surface area contributed by atoms with Gasteiger partial charge >= 0.3 is 11.3 Å². The molecule has 0 saturated heterocycles. The molecule has 0 radical (unpaired) electrons. The Kier molecular flexibility index (Phi) is 3.68. The zero-order valence-electron chi connectivity index (χ0n) is 8.36. The van der Waals surface area contributed by atoms with Crippen LogP contribution in [0.15, 0.2) is 24.3 Å². The van der Waals surface area contributed by atoms with Gasteiger partial charge in [0, 0.05) is 12.7 Å². The molecule has 0 spiro atoms. The summed E-state index contributed by atoms with van der Waals surface area (Å²) in [5, 5.41) is -0.583. The predicted molar refractivity (Wildman–Crippen MR) is 57.4 cm³/mol. The van der Waals surface area contributed by atoms with Crippen LogP contribution in [-0.4, -0.2) is 25.5 Å². The zero-order chi connectivity index (χ0) is 11.4. The van der Waals surface area contributed by atoms with E-state index in [-0.39, 0.29) is 0 Å². The van der Waals surface area contributed by atoms with E-state index in [9.17, 15) is 9.59 Å². The molecule has 0 aliphatic carbocycles. The van der Waals surface area contributed by atoms with Crippen LogP contribution in [0.1, 0.15) is 10.4 Å². The Morgan fingerprint density at radius 2 is 1.80 bits per heavy atom. The highest BCUT2D eigenvalue weighted by molar-refractivity contribution is 6.66. The summed E-state index contributed by atoms with van der Waals surface area (Å²) in [4.78, 5) is 23.2. The lowest BCUT2D eigenvalue weighted by Crippen LogP contribution is -2.19. The van der Waals surface area contributed by atoms with Crippen molar-refractivity contribution >= 4 is 28.6 Å². The molecule has 0 atom stereocenters. The van der Waals surface area contributed by atoms with Gasteiger partial charge in [-0.05, 0) is 35.9 Å². The molecule has 1 aromatic rings. The number of hydrogen-bond acceptors (Lipinski definition) is 3. The van der Waals surface area contributed by atoms with Crippen molar-refractivity contribution in [2.45, 2.75) is 0 Å². The van der Waals surface area contributed by atoms with Gasteiger partial charge < -0.3 is 9.64 Å². The van der Waals surface area contributed by atoms with E-state index in [4.69, 9.17) is 11.6 Å². The van der Waals surface area contributed by atoms with Crippen molar-refractivity contribution in [1.82, 2.24) is 0 Å². The number of carbonyl (C=O) groups is 2. The smallest absolute Gasteiger partial charge is 0.337 e. The number of rotatable bonds is 2. The number of hydrogen-bond donors (Lipinski definition) is 0. The van der Waals surface area contributed by atoms with Gasteiger partial charge in [-0.2, -0.15) is 0 Å². The van der Waals surface area contributed by atoms with Gasteiger partial charge in [0.05, 0.1) is 12.7 Å². The van der Waals surface area contributed by atoms with Crippen LogP contribution >= 0.6 is 11.6 Å². The van der Waals surface area contributed by atoms with E-state index in [1.807, 2.05) is 0 Å². The van der Waals surface area contributed by atoms with Gasteiger partial charge in [-0.15, -0.1) is 0 Å². The number of esters is 1. The molecule has 1 aromatic carbocycles. The monoisotopic (exact) mass is 227 g/mol. The Balaban J connectivity index is 2.90. The Hall–Kier alpha value is -1.55. The third-order valence-corrected chi connectivity index (χ3v) is 2.19. The normalized spacial score (nSPS) is 9.53. The second-order valence-electron chi connectivity index (χ2n) is 2.85. The van der Waals surface area contributed by atoms with E-state index in [1.165, 1.54) is 12.0 Å². The fourth-order valence-corrected chi connectivity index (χ4v) is 1.14. The summed E-state index contributed by atoms with van der Waals surface area (Å²) in [5.41, 5.74) is 1.04. The highest BCUT2D eigenvalue weighted by atomic mass is 35.5. The number of nitrogens with zero attached hydrogens (tertiary/aromatic N) is 1. The molecule has 0 fully saturated rings. The first-order valence-corrected chi connectivity index (χ1v) is 4.55. The standard InChI is InChI=1S/C10H10ClNO3/c1-12(10(11)14)8-5-3-7(4-6-8)9(13)15-2/h3-6H,1-2H3. The van der Waals surface area contributed by atoms with Crippen molar-refractivity contribution in [3.63, 3.8) is 0 Å². The molecule has 0 unspecified atom stereocenters. The molecule has 80 valence electrons. The summed E-state index contributed by atoms with van der Waals surface area (Å²) in [5.74, 6) is -0.415. The van der Waals surface area contributed by atoms with Gasteiger partial charge in [-0.3, -0.25) is 4.79 Å². The van der Waals surface area contributed by atoms with Crippen molar-refractivity contribution < 1.29 is 14.3 Å². The minimum absolute atomic E-state index is 0.415. The third-order valence-electron chi connectivity index (χ3n) is 1.94. The molecular formula is C10H10ClNO3. The van der Waals surface area contributed by atoms with E-state index in [1.54, 1.807) is 31.3 Å². The van der Waals surface area contributed by atoms with Gasteiger partial charge in [-0.25, -0.2) is 4.79 Å². The summed E-state index contributed by atoms with van der Waals surface area (Å²) >= 11 is 5.29. The van der Waals surface area contributed by atoms with Crippen molar-refractivity contribution in [3.05, 3.63) is 29.8 Å². The third kappa shape index (κ3) is 2.70. The van der Waals surface area contributed by atoms with Crippen molar-refractivity contribution in [2.24, 2.45) is 0 Å². The van der Waals surface area contributed by atoms with Crippen LogP contribution in [0.2, 0.25) is 0 Å². The number of amides is 1. The molecule has 0 aliphatic rings. The molecule has 0 aliphatic heterocycles. The Labute approximate surface area is 92.4 Å². The number of benzene rings is 1. The van der Waals surface area contributed by atoms with Gasteiger partial charge in [0.15, 0.2) is 0 Å². The number of methoxy groups -OCH3 is 1. The first-order valence-electron chi connectivity index (χ1n) is 4.18. The molecule has 1 amide bonds. The zero-order valence-corrected chi connectivity index (χ0v) is 9.12. The Morgan fingerprint density at radius 1 is 1.27 bits per heavy atom. The first-order chi connectivity index (χ1) is 7.06. The number of anilines is 1. The van der Waals surface area contributed by atoms with Crippen molar-refractivity contribution in [2.75, 3.05) is 19.1 Å². The van der Waals surface area contributed by atoms with E-state index >= 15 is 0 Å². The van der Waals surface area contributed by atoms with Gasteiger partial charge in [0.1, 0.15) is 0 Å². The average Bonchev–Trinajstić information content (AvgIpc) is 2.27. The van der Waals surface area contributed by atoms with Crippen molar-refractivity contribution in [1.29, 1.82) is 0 Å². The van der Waals surface area contributed by atoms with E-state index in [2.05, 4.69) is 4.74 Å². The van der Waals surface area contributed by atoms with E-state index < -0.39 is 11.3 Å². The minimum Gasteiger partial charge on any atom is -0.465 e. The molecule has 0 bridgehead atoms. The lowest BCUT2D eigenvalue weighted by molar-refractivity contribution is 0.0601. The topological polar surface area (TPSA) is 46.6 Å². The summed E-state index contributed by atoms with van der Waals surface area (Å²) in [7, 11) is 2.85. The van der Waals surface area contributed by atoms with Crippen LogP contribution in [0, 0.1) is 0 Å². The minimum atomic E-state index is -0.583. The molecule has 0 N–H and O–H groups in total. The molecule has 5 heteroatoms. The van der Waals surface area contributed by atoms with Crippen LogP contribution in [0.25, 0.3) is 0 Å². The highest BCUT2D eigenvalue weighted by Gasteiger charge is 2.09. The number of carbonyl (C=O) groups excluding carboxylic acids is 2. The average molecular weight is 228 g/mol. The first kappa shape index (κ1) is 11.5. The maximum absolute atomic E-state index is 11.1. The maximum Gasteiger partial charge on any atom is 0.337 e. The quantitative estimate of drug-likeness (QED) is 0.442. The Bertz CT molecular complexity index is 375. The SMILES string of the molecule is COC(=O)c1ccc(N(C)C(=O)Cl)cc1. The second-order valence-corrected chi connectivity index (χ2v) is 3.17. The Morgan fingerprint density at radius 3 is 2.20 bits per heavy atom. The van der Waals surface area contributed by atoms with Crippen LogP contribution in [0.5, 0.6) is 0 Å². The van der Waals surface area contributed by atoms with Crippen LogP contribution in [0.3, 0.4) is 0 Å². The van der Waals surface area contributed by atoms with Crippen LogP contribution < -0.4 is 4.90 Å². The van der Waals surface area contributed by atoms with Gasteiger partial charge in [0.2, 0.25) is 0 Å². The summed E-state index contributed by atoms with van der Waals surface area (Å²) in [6.45, 7) is 0. The summed E-state index contributed by atoms with van der Waals surface area (Å²) in [6, 6.07) is 6.37. The fraction of sp³-hybridized carbons (Fsp3) is 0.200. The molecular weight excluding hydrogens is 218 g/mol. The van der Waals surface area contributed by atoms with E-state index in [0.29, 0.717) is 11.3 Å². The van der Waals surface area contributed by atoms with E-state index in [0.717, 1.165) is 0 Å². The predicted octanol–water partition coefficient (Wildman–Crippen LogP) is 2.27. The lowest BCUT2D eigenvalue weighted by atomic mass is 10.2. The van der Waals surface area contributed by atoms with Gasteiger partial charge in [-0.1, -0.05) is 0 Å². The summed E-state index contributed by atoms with van der Waals surface area (Å²) < 4.78 is 4.54. The fourth-order valence-electron chi connectivity index (χ4n) is 1.04. The molecule has 0 heterocycles. The molecule has 1 rings (SSSR count). The molecule has 0 aromatic heterocycles. The van der Waals surface area contributed by atoms with Crippen LogP contribution in [-0.2, 0) is 4.74 Å².